The van der Waals surface area contributed by atoms with E-state index in [-0.39, 0.29) is 5.97 Å². The standard InChI is InChI=1S/C13H20O3/c1-16-13(15)11-9-7-5-3-2-4-6-8-10-12-14/h12H,2-3,5,7-11H2,1H3. The highest BCUT2D eigenvalue weighted by molar-refractivity contribution is 5.68. The molecule has 0 rings (SSSR count). The molecule has 0 N–H and O–H groups in total. The molecule has 0 aliphatic heterocycles. The first-order valence-corrected chi connectivity index (χ1v) is 5.77. The van der Waals surface area contributed by atoms with E-state index in [0.29, 0.717) is 19.3 Å². The third-order valence-electron chi connectivity index (χ3n) is 2.17. The van der Waals surface area contributed by atoms with Crippen molar-refractivity contribution in [3.63, 3.8) is 0 Å². The molecule has 0 aromatic heterocycles. The molecular formula is C13H20O3. The van der Waals surface area contributed by atoms with Gasteiger partial charge < -0.3 is 9.53 Å². The van der Waals surface area contributed by atoms with Gasteiger partial charge in [0, 0.05) is 25.7 Å². The molecule has 0 saturated heterocycles. The number of carbonyl (C=O) groups excluding carboxylic acids is 2. The minimum Gasteiger partial charge on any atom is -0.469 e. The van der Waals surface area contributed by atoms with Crippen molar-refractivity contribution >= 4 is 12.3 Å². The zero-order valence-electron chi connectivity index (χ0n) is 9.96. The average molecular weight is 224 g/mol. The van der Waals surface area contributed by atoms with E-state index in [2.05, 4.69) is 16.6 Å². The first kappa shape index (κ1) is 14.7. The Kier molecular flexibility index (Phi) is 10.8. The molecular weight excluding hydrogens is 204 g/mol. The number of aldehydes is 1. The van der Waals surface area contributed by atoms with Crippen molar-refractivity contribution in [2.45, 2.75) is 51.4 Å². The Labute approximate surface area is 97.6 Å². The van der Waals surface area contributed by atoms with Crippen LogP contribution in [0.5, 0.6) is 0 Å². The van der Waals surface area contributed by atoms with Crippen LogP contribution in [-0.4, -0.2) is 19.4 Å². The van der Waals surface area contributed by atoms with E-state index < -0.39 is 0 Å². The number of esters is 1. The summed E-state index contributed by atoms with van der Waals surface area (Å²) in [5, 5.41) is 0. The predicted molar refractivity (Wildman–Crippen MR) is 62.8 cm³/mol. The molecule has 0 spiro atoms. The maximum Gasteiger partial charge on any atom is 0.305 e. The van der Waals surface area contributed by atoms with Gasteiger partial charge in [-0.05, 0) is 12.8 Å². The minimum absolute atomic E-state index is 0.131. The van der Waals surface area contributed by atoms with Gasteiger partial charge in [-0.15, -0.1) is 11.8 Å². The van der Waals surface area contributed by atoms with Crippen molar-refractivity contribution in [1.82, 2.24) is 0 Å². The summed E-state index contributed by atoms with van der Waals surface area (Å²) in [6.45, 7) is 0. The summed E-state index contributed by atoms with van der Waals surface area (Å²) in [7, 11) is 1.41. The van der Waals surface area contributed by atoms with E-state index in [9.17, 15) is 9.59 Å². The van der Waals surface area contributed by atoms with Crippen LogP contribution >= 0.6 is 0 Å². The van der Waals surface area contributed by atoms with Gasteiger partial charge in [-0.1, -0.05) is 12.8 Å². The van der Waals surface area contributed by atoms with Gasteiger partial charge in [0.1, 0.15) is 6.29 Å². The number of carbonyl (C=O) groups is 2. The van der Waals surface area contributed by atoms with E-state index in [0.717, 1.165) is 38.4 Å². The van der Waals surface area contributed by atoms with Crippen molar-refractivity contribution in [2.24, 2.45) is 0 Å². The van der Waals surface area contributed by atoms with E-state index >= 15 is 0 Å². The molecule has 0 saturated carbocycles. The molecule has 3 nitrogen and oxygen atoms in total. The van der Waals surface area contributed by atoms with Crippen LogP contribution in [0.3, 0.4) is 0 Å². The number of ether oxygens (including phenoxy) is 1. The van der Waals surface area contributed by atoms with Gasteiger partial charge in [0.25, 0.3) is 0 Å². The van der Waals surface area contributed by atoms with Gasteiger partial charge in [-0.25, -0.2) is 0 Å². The summed E-state index contributed by atoms with van der Waals surface area (Å²) >= 11 is 0. The van der Waals surface area contributed by atoms with Crippen LogP contribution in [0, 0.1) is 11.8 Å². The second-order valence-corrected chi connectivity index (χ2v) is 3.55. The van der Waals surface area contributed by atoms with E-state index in [1.165, 1.54) is 7.11 Å². The molecule has 3 heteroatoms. The van der Waals surface area contributed by atoms with Crippen LogP contribution in [0.25, 0.3) is 0 Å². The first-order valence-electron chi connectivity index (χ1n) is 5.77. The Morgan fingerprint density at radius 2 is 1.81 bits per heavy atom. The second kappa shape index (κ2) is 11.8. The summed E-state index contributed by atoms with van der Waals surface area (Å²) in [5.41, 5.74) is 0. The Hall–Kier alpha value is -1.30. The highest BCUT2D eigenvalue weighted by Gasteiger charge is 1.98. The Morgan fingerprint density at radius 3 is 2.50 bits per heavy atom. The maximum atomic E-state index is 10.8. The lowest BCUT2D eigenvalue weighted by Gasteiger charge is -1.98. The molecule has 0 aromatic carbocycles. The van der Waals surface area contributed by atoms with Crippen LogP contribution in [0.15, 0.2) is 0 Å². The van der Waals surface area contributed by atoms with Crippen LogP contribution in [0.4, 0.5) is 0 Å². The summed E-state index contributed by atoms with van der Waals surface area (Å²) in [6.07, 6.45) is 7.60. The van der Waals surface area contributed by atoms with E-state index in [1.54, 1.807) is 0 Å². The number of methoxy groups -OCH3 is 1. The normalized spacial score (nSPS) is 9.06. The lowest BCUT2D eigenvalue weighted by Crippen LogP contribution is -1.98. The van der Waals surface area contributed by atoms with Crippen molar-refractivity contribution in [1.29, 1.82) is 0 Å². The SMILES string of the molecule is COC(=O)CCCCCCC#CCCC=O. The molecule has 0 aromatic rings. The molecule has 0 aliphatic rings. The van der Waals surface area contributed by atoms with E-state index in [4.69, 9.17) is 0 Å². The molecule has 0 aliphatic carbocycles. The lowest BCUT2D eigenvalue weighted by atomic mass is 10.1. The zero-order chi connectivity index (χ0) is 12.1. The molecule has 0 heterocycles. The summed E-state index contributed by atoms with van der Waals surface area (Å²) < 4.78 is 4.54. The molecule has 0 bridgehead atoms. The van der Waals surface area contributed by atoms with Gasteiger partial charge in [0.2, 0.25) is 0 Å². The number of hydrogen-bond donors (Lipinski definition) is 0. The first-order chi connectivity index (χ1) is 7.81. The largest absolute Gasteiger partial charge is 0.469 e. The highest BCUT2D eigenvalue weighted by Crippen LogP contribution is 2.05. The minimum atomic E-state index is -0.131. The Morgan fingerprint density at radius 1 is 1.12 bits per heavy atom. The van der Waals surface area contributed by atoms with Crippen LogP contribution < -0.4 is 0 Å². The zero-order valence-corrected chi connectivity index (χ0v) is 9.96. The monoisotopic (exact) mass is 224 g/mol. The van der Waals surface area contributed by atoms with E-state index in [1.807, 2.05) is 0 Å². The van der Waals surface area contributed by atoms with Crippen LogP contribution in [0.1, 0.15) is 51.4 Å². The third-order valence-corrected chi connectivity index (χ3v) is 2.17. The van der Waals surface area contributed by atoms with Crippen LogP contribution in [0.2, 0.25) is 0 Å². The fraction of sp³-hybridized carbons (Fsp3) is 0.692. The van der Waals surface area contributed by atoms with Crippen molar-refractivity contribution < 1.29 is 14.3 Å². The quantitative estimate of drug-likeness (QED) is 0.275. The molecule has 0 amide bonds. The second-order valence-electron chi connectivity index (χ2n) is 3.55. The van der Waals surface area contributed by atoms with Crippen LogP contribution in [-0.2, 0) is 14.3 Å². The maximum absolute atomic E-state index is 10.8. The Balaban J connectivity index is 3.17. The van der Waals surface area contributed by atoms with Gasteiger partial charge >= 0.3 is 5.97 Å². The summed E-state index contributed by atoms with van der Waals surface area (Å²) in [6, 6.07) is 0. The Bertz CT molecular complexity index is 248. The molecule has 90 valence electrons. The van der Waals surface area contributed by atoms with Gasteiger partial charge in [-0.2, -0.15) is 0 Å². The third kappa shape index (κ3) is 10.8. The summed E-state index contributed by atoms with van der Waals surface area (Å²) in [4.78, 5) is 20.8. The smallest absolute Gasteiger partial charge is 0.305 e. The average Bonchev–Trinajstić information content (AvgIpc) is 2.31. The highest BCUT2D eigenvalue weighted by atomic mass is 16.5. The lowest BCUT2D eigenvalue weighted by molar-refractivity contribution is -0.140. The number of hydrogen-bond acceptors (Lipinski definition) is 3. The molecule has 0 fully saturated rings. The predicted octanol–water partition coefficient (Wildman–Crippen LogP) is 2.48. The van der Waals surface area contributed by atoms with Crippen molar-refractivity contribution in [3.8, 4) is 11.8 Å². The fourth-order valence-corrected chi connectivity index (χ4v) is 1.25. The van der Waals surface area contributed by atoms with Crippen molar-refractivity contribution in [2.75, 3.05) is 7.11 Å². The number of rotatable bonds is 8. The molecule has 0 radical (unpaired) electrons. The number of unbranched alkanes of at least 4 members (excludes halogenated alkanes) is 5. The molecule has 16 heavy (non-hydrogen) atoms. The van der Waals surface area contributed by atoms with Gasteiger partial charge in [0.05, 0.1) is 7.11 Å². The van der Waals surface area contributed by atoms with Gasteiger partial charge in [0.15, 0.2) is 0 Å². The van der Waals surface area contributed by atoms with Gasteiger partial charge in [-0.3, -0.25) is 4.79 Å². The molecule has 0 atom stereocenters. The topological polar surface area (TPSA) is 43.4 Å². The van der Waals surface area contributed by atoms with Crippen molar-refractivity contribution in [3.05, 3.63) is 0 Å². The summed E-state index contributed by atoms with van der Waals surface area (Å²) in [5.74, 6) is 5.85. The fourth-order valence-electron chi connectivity index (χ4n) is 1.25. The molecule has 0 unspecified atom stereocenters.